The predicted molar refractivity (Wildman–Crippen MR) is 99.1 cm³/mol. The van der Waals surface area contributed by atoms with Gasteiger partial charge in [-0.3, -0.25) is 0 Å². The third kappa shape index (κ3) is 3.60. The van der Waals surface area contributed by atoms with Gasteiger partial charge < -0.3 is 15.7 Å². The van der Waals surface area contributed by atoms with E-state index < -0.39 is 6.10 Å². The second-order valence-electron chi connectivity index (χ2n) is 5.72. The highest BCUT2D eigenvalue weighted by atomic mass is 16.3. The Morgan fingerprint density at radius 2 is 1.85 bits per heavy atom. The summed E-state index contributed by atoms with van der Waals surface area (Å²) in [6.45, 7) is 0.353. The molecule has 8 nitrogen and oxygen atoms in total. The minimum absolute atomic E-state index is 0.353. The molecule has 26 heavy (non-hydrogen) atoms. The van der Waals surface area contributed by atoms with Crippen molar-refractivity contribution in [3.05, 3.63) is 66.4 Å². The van der Waals surface area contributed by atoms with E-state index in [1.807, 2.05) is 48.5 Å². The molecule has 0 fully saturated rings. The van der Waals surface area contributed by atoms with Crippen LogP contribution in [0.4, 0.5) is 17.5 Å². The average molecular weight is 347 g/mol. The molecular formula is C18H17N7O. The molecule has 0 saturated carbocycles. The topological polar surface area (TPSA) is 112 Å². The van der Waals surface area contributed by atoms with Crippen molar-refractivity contribution in [3.63, 3.8) is 0 Å². The zero-order valence-electron chi connectivity index (χ0n) is 13.8. The number of H-pyrrole nitrogens is 1. The van der Waals surface area contributed by atoms with E-state index in [1.165, 1.54) is 0 Å². The monoisotopic (exact) mass is 347 g/mol. The van der Waals surface area contributed by atoms with Crippen LogP contribution < -0.4 is 10.6 Å². The third-order valence-electron chi connectivity index (χ3n) is 3.89. The van der Waals surface area contributed by atoms with E-state index in [0.29, 0.717) is 18.3 Å². The summed E-state index contributed by atoms with van der Waals surface area (Å²) in [5, 5.41) is 27.2. The molecule has 0 amide bonds. The summed E-state index contributed by atoms with van der Waals surface area (Å²) in [6.07, 6.45) is 1.04. The second-order valence-corrected chi connectivity index (χ2v) is 5.72. The fourth-order valence-electron chi connectivity index (χ4n) is 2.56. The van der Waals surface area contributed by atoms with Crippen LogP contribution >= 0.6 is 0 Å². The normalized spacial score (nSPS) is 12.0. The Labute approximate surface area is 149 Å². The number of aromatic amines is 1. The Morgan fingerprint density at radius 3 is 2.73 bits per heavy atom. The minimum Gasteiger partial charge on any atom is -0.387 e. The number of hydrogen-bond donors (Lipinski definition) is 4. The highest BCUT2D eigenvalue weighted by Gasteiger charge is 2.08. The first-order chi connectivity index (χ1) is 12.8. The van der Waals surface area contributed by atoms with Gasteiger partial charge in [0.2, 0.25) is 5.95 Å². The van der Waals surface area contributed by atoms with Crippen molar-refractivity contribution < 1.29 is 5.11 Å². The molecule has 4 rings (SSSR count). The van der Waals surface area contributed by atoms with Gasteiger partial charge in [0.15, 0.2) is 0 Å². The van der Waals surface area contributed by atoms with Gasteiger partial charge in [-0.2, -0.15) is 20.4 Å². The molecule has 0 aliphatic heterocycles. The minimum atomic E-state index is -0.614. The van der Waals surface area contributed by atoms with Crippen molar-refractivity contribution in [2.24, 2.45) is 0 Å². The molecule has 1 unspecified atom stereocenters. The van der Waals surface area contributed by atoms with E-state index in [2.05, 4.69) is 36.0 Å². The number of nitrogens with zero attached hydrogens (tertiary/aromatic N) is 4. The first kappa shape index (κ1) is 16.0. The molecule has 2 aromatic heterocycles. The van der Waals surface area contributed by atoms with Gasteiger partial charge in [0.05, 0.1) is 6.10 Å². The number of nitrogens with one attached hydrogen (secondary N) is 3. The van der Waals surface area contributed by atoms with Gasteiger partial charge in [-0.1, -0.05) is 30.3 Å². The number of benzene rings is 2. The van der Waals surface area contributed by atoms with Crippen molar-refractivity contribution in [2.75, 3.05) is 17.2 Å². The van der Waals surface area contributed by atoms with Crippen LogP contribution in [0.1, 0.15) is 11.7 Å². The van der Waals surface area contributed by atoms with Gasteiger partial charge in [-0.05, 0) is 29.8 Å². The first-order valence-corrected chi connectivity index (χ1v) is 8.15. The fraction of sp³-hybridized carbons (Fsp3) is 0.111. The predicted octanol–water partition coefficient (Wildman–Crippen LogP) is 2.64. The number of aliphatic hydroxyl groups excluding tert-OH is 1. The Morgan fingerprint density at radius 1 is 1.00 bits per heavy atom. The number of anilines is 3. The smallest absolute Gasteiger partial charge is 0.229 e. The molecule has 4 aromatic rings. The van der Waals surface area contributed by atoms with Crippen LogP contribution in [0.2, 0.25) is 0 Å². The molecule has 130 valence electrons. The Bertz CT molecular complexity index is 1000. The van der Waals surface area contributed by atoms with Gasteiger partial charge >= 0.3 is 0 Å². The van der Waals surface area contributed by atoms with Gasteiger partial charge in [-0.25, -0.2) is 4.98 Å². The Balaban J connectivity index is 1.43. The summed E-state index contributed by atoms with van der Waals surface area (Å²) in [5.41, 5.74) is 3.22. The Kier molecular flexibility index (Phi) is 4.40. The molecule has 0 aliphatic carbocycles. The summed E-state index contributed by atoms with van der Waals surface area (Å²) in [5.74, 6) is 1.08. The van der Waals surface area contributed by atoms with Crippen LogP contribution in [0.3, 0.4) is 0 Å². The molecular weight excluding hydrogens is 330 g/mol. The van der Waals surface area contributed by atoms with Crippen LogP contribution in [0.5, 0.6) is 0 Å². The summed E-state index contributed by atoms with van der Waals surface area (Å²) in [6, 6.07) is 16.9. The molecule has 8 heteroatoms. The van der Waals surface area contributed by atoms with E-state index >= 15 is 0 Å². The molecule has 4 N–H and O–H groups in total. The first-order valence-electron chi connectivity index (χ1n) is 8.15. The number of aliphatic hydroxyl groups is 1. The molecule has 0 saturated heterocycles. The molecule has 0 aliphatic rings. The Hall–Kier alpha value is -3.52. The van der Waals surface area contributed by atoms with Crippen LogP contribution in [0.25, 0.3) is 11.0 Å². The van der Waals surface area contributed by atoms with Gasteiger partial charge in [0.25, 0.3) is 0 Å². The summed E-state index contributed by atoms with van der Waals surface area (Å²) >= 11 is 0. The van der Waals surface area contributed by atoms with Crippen molar-refractivity contribution in [1.29, 1.82) is 0 Å². The van der Waals surface area contributed by atoms with Crippen molar-refractivity contribution in [1.82, 2.24) is 25.4 Å². The van der Waals surface area contributed by atoms with Crippen molar-refractivity contribution >= 4 is 28.5 Å². The zero-order chi connectivity index (χ0) is 17.8. The zero-order valence-corrected chi connectivity index (χ0v) is 13.8. The second kappa shape index (κ2) is 7.16. The third-order valence-corrected chi connectivity index (χ3v) is 3.89. The van der Waals surface area contributed by atoms with Crippen LogP contribution in [-0.4, -0.2) is 37.0 Å². The lowest BCUT2D eigenvalue weighted by molar-refractivity contribution is 0.191. The maximum Gasteiger partial charge on any atom is 0.229 e. The van der Waals surface area contributed by atoms with E-state index in [-0.39, 0.29) is 0 Å². The summed E-state index contributed by atoms with van der Waals surface area (Å²) in [4.78, 5) is 8.63. The lowest BCUT2D eigenvalue weighted by Gasteiger charge is -2.13. The molecule has 0 spiro atoms. The fourth-order valence-corrected chi connectivity index (χ4v) is 2.56. The van der Waals surface area contributed by atoms with Gasteiger partial charge in [-0.15, -0.1) is 0 Å². The molecule has 0 bridgehead atoms. The molecule has 0 radical (unpaired) electrons. The summed E-state index contributed by atoms with van der Waals surface area (Å²) < 4.78 is 0. The van der Waals surface area contributed by atoms with Crippen LogP contribution in [0.15, 0.2) is 60.8 Å². The highest BCUT2D eigenvalue weighted by Crippen LogP contribution is 2.19. The summed E-state index contributed by atoms with van der Waals surface area (Å²) in [7, 11) is 0. The van der Waals surface area contributed by atoms with Crippen molar-refractivity contribution in [3.8, 4) is 0 Å². The standard InChI is InChI=1S/C18H17N7O/c26-16(12-4-2-1-3-5-12)11-20-17-8-9-19-18(22-17)21-13-6-7-14-15(10-13)24-25-23-14/h1-10,16,26H,11H2,(H,23,24,25)(H2,19,20,21,22). The number of hydrogen-bond acceptors (Lipinski definition) is 7. The number of aromatic nitrogens is 5. The average Bonchev–Trinajstić information content (AvgIpc) is 3.15. The lowest BCUT2D eigenvalue weighted by atomic mass is 10.1. The SMILES string of the molecule is OC(CNc1ccnc(Nc2ccc3n[nH]nc3c2)n1)c1ccccc1. The lowest BCUT2D eigenvalue weighted by Crippen LogP contribution is -2.13. The molecule has 2 heterocycles. The maximum absolute atomic E-state index is 10.2. The molecule has 1 atom stereocenters. The quantitative estimate of drug-likeness (QED) is 0.424. The van der Waals surface area contributed by atoms with Gasteiger partial charge in [0, 0.05) is 18.4 Å². The number of fused-ring (bicyclic) bond motifs is 1. The number of rotatable bonds is 6. The van der Waals surface area contributed by atoms with Gasteiger partial charge in [0.1, 0.15) is 16.9 Å². The van der Waals surface area contributed by atoms with E-state index in [4.69, 9.17) is 0 Å². The van der Waals surface area contributed by atoms with Crippen molar-refractivity contribution in [2.45, 2.75) is 6.10 Å². The largest absolute Gasteiger partial charge is 0.387 e. The molecule has 2 aromatic carbocycles. The highest BCUT2D eigenvalue weighted by molar-refractivity contribution is 5.78. The van der Waals surface area contributed by atoms with E-state index in [0.717, 1.165) is 22.3 Å². The maximum atomic E-state index is 10.2. The van der Waals surface area contributed by atoms with E-state index in [9.17, 15) is 5.11 Å². The van der Waals surface area contributed by atoms with Crippen LogP contribution in [0, 0.1) is 0 Å². The van der Waals surface area contributed by atoms with E-state index in [1.54, 1.807) is 12.3 Å². The van der Waals surface area contributed by atoms with Crippen LogP contribution in [-0.2, 0) is 0 Å².